The predicted molar refractivity (Wildman–Crippen MR) is 84.3 cm³/mol. The topological polar surface area (TPSA) is 37.4 Å². The summed E-state index contributed by atoms with van der Waals surface area (Å²) in [6.45, 7) is 5.47. The average molecular weight is 273 g/mol. The van der Waals surface area contributed by atoms with E-state index in [1.54, 1.807) is 7.11 Å². The molecule has 1 N–H and O–H groups in total. The van der Waals surface area contributed by atoms with Crippen LogP contribution < -0.4 is 10.2 Å². The average Bonchev–Trinajstić information content (AvgIpc) is 2.50. The number of aromatic nitrogens is 1. The fourth-order valence-corrected chi connectivity index (χ4v) is 2.43. The number of methoxy groups -OCH3 is 1. The second kappa shape index (κ2) is 7.22. The van der Waals surface area contributed by atoms with Crippen molar-refractivity contribution >= 4 is 16.6 Å². The van der Waals surface area contributed by atoms with Gasteiger partial charge < -0.3 is 15.0 Å². The minimum absolute atomic E-state index is 0.710. The summed E-state index contributed by atoms with van der Waals surface area (Å²) >= 11 is 0. The molecule has 0 amide bonds. The minimum Gasteiger partial charge on any atom is -0.383 e. The number of hydrogen-bond acceptors (Lipinski definition) is 4. The van der Waals surface area contributed by atoms with Crippen molar-refractivity contribution in [3.63, 3.8) is 0 Å². The number of fused-ring (bicyclic) bond motifs is 1. The van der Waals surface area contributed by atoms with E-state index in [0.717, 1.165) is 25.5 Å². The number of anilines is 1. The summed E-state index contributed by atoms with van der Waals surface area (Å²) in [5.41, 5.74) is 1.23. The zero-order valence-corrected chi connectivity index (χ0v) is 12.5. The van der Waals surface area contributed by atoms with E-state index in [2.05, 4.69) is 46.4 Å². The number of likely N-dealkylation sites (N-methyl/N-ethyl adjacent to an activating group) is 1. The van der Waals surface area contributed by atoms with Crippen molar-refractivity contribution in [2.24, 2.45) is 0 Å². The summed E-state index contributed by atoms with van der Waals surface area (Å²) < 4.78 is 5.19. The standard InChI is InChI=1S/C16H23N3O/c1-4-19(9-10-20-3)16-15-8-6-5-7-14(15)13(11-17-2)12-18-16/h5-8,12,17H,4,9-11H2,1-3H3. The van der Waals surface area contributed by atoms with E-state index in [9.17, 15) is 0 Å². The molecule has 1 aromatic carbocycles. The van der Waals surface area contributed by atoms with Crippen molar-refractivity contribution in [1.29, 1.82) is 0 Å². The molecule has 0 spiro atoms. The molecule has 0 aliphatic carbocycles. The molecule has 4 heteroatoms. The van der Waals surface area contributed by atoms with Gasteiger partial charge in [0.25, 0.3) is 0 Å². The molecule has 0 radical (unpaired) electrons. The van der Waals surface area contributed by atoms with E-state index in [4.69, 9.17) is 4.74 Å². The Morgan fingerprint density at radius 3 is 2.65 bits per heavy atom. The number of rotatable bonds is 7. The molecular weight excluding hydrogens is 250 g/mol. The Morgan fingerprint density at radius 1 is 1.25 bits per heavy atom. The number of hydrogen-bond donors (Lipinski definition) is 1. The summed E-state index contributed by atoms with van der Waals surface area (Å²) in [7, 11) is 3.69. The van der Waals surface area contributed by atoms with Crippen LogP contribution in [0.5, 0.6) is 0 Å². The van der Waals surface area contributed by atoms with E-state index in [1.807, 2.05) is 13.2 Å². The maximum atomic E-state index is 5.19. The van der Waals surface area contributed by atoms with E-state index in [0.29, 0.717) is 6.61 Å². The SMILES string of the molecule is CCN(CCOC)c1ncc(CNC)c2ccccc12. The van der Waals surface area contributed by atoms with Crippen LogP contribution in [-0.4, -0.2) is 38.8 Å². The molecule has 0 saturated carbocycles. The first-order valence-electron chi connectivity index (χ1n) is 7.07. The predicted octanol–water partition coefficient (Wildman–Crippen LogP) is 2.43. The van der Waals surface area contributed by atoms with Crippen molar-refractivity contribution in [2.45, 2.75) is 13.5 Å². The van der Waals surface area contributed by atoms with Crippen molar-refractivity contribution < 1.29 is 4.74 Å². The molecule has 2 aromatic rings. The zero-order valence-electron chi connectivity index (χ0n) is 12.5. The highest BCUT2D eigenvalue weighted by Crippen LogP contribution is 2.27. The van der Waals surface area contributed by atoms with Gasteiger partial charge in [-0.1, -0.05) is 24.3 Å². The molecule has 1 heterocycles. The van der Waals surface area contributed by atoms with Crippen molar-refractivity contribution in [3.05, 3.63) is 36.0 Å². The monoisotopic (exact) mass is 273 g/mol. The van der Waals surface area contributed by atoms with Gasteiger partial charge in [0.2, 0.25) is 0 Å². The van der Waals surface area contributed by atoms with Crippen LogP contribution in [0, 0.1) is 0 Å². The Morgan fingerprint density at radius 2 is 2.00 bits per heavy atom. The van der Waals surface area contributed by atoms with Gasteiger partial charge in [-0.05, 0) is 24.9 Å². The lowest BCUT2D eigenvalue weighted by atomic mass is 10.1. The maximum absolute atomic E-state index is 5.19. The quantitative estimate of drug-likeness (QED) is 0.840. The van der Waals surface area contributed by atoms with Gasteiger partial charge in [-0.15, -0.1) is 0 Å². The lowest BCUT2D eigenvalue weighted by molar-refractivity contribution is 0.205. The van der Waals surface area contributed by atoms with Gasteiger partial charge in [-0.3, -0.25) is 0 Å². The zero-order chi connectivity index (χ0) is 14.4. The van der Waals surface area contributed by atoms with E-state index in [-0.39, 0.29) is 0 Å². The summed E-state index contributed by atoms with van der Waals surface area (Å²) in [4.78, 5) is 6.94. The normalized spacial score (nSPS) is 10.9. The molecule has 2 rings (SSSR count). The Bertz CT molecular complexity index is 556. The number of pyridine rings is 1. The van der Waals surface area contributed by atoms with E-state index in [1.165, 1.54) is 16.3 Å². The fourth-order valence-electron chi connectivity index (χ4n) is 2.43. The number of ether oxygens (including phenoxy) is 1. The Hall–Kier alpha value is -1.65. The number of nitrogens with one attached hydrogen (secondary N) is 1. The van der Waals surface area contributed by atoms with Gasteiger partial charge in [0, 0.05) is 38.3 Å². The molecule has 0 atom stereocenters. The molecular formula is C16H23N3O. The number of nitrogens with zero attached hydrogens (tertiary/aromatic N) is 2. The third kappa shape index (κ3) is 3.08. The highest BCUT2D eigenvalue weighted by molar-refractivity contribution is 5.94. The summed E-state index contributed by atoms with van der Waals surface area (Å²) in [5.74, 6) is 1.04. The van der Waals surface area contributed by atoms with E-state index < -0.39 is 0 Å². The largest absolute Gasteiger partial charge is 0.383 e. The molecule has 0 unspecified atom stereocenters. The van der Waals surface area contributed by atoms with Crippen molar-refractivity contribution in [3.8, 4) is 0 Å². The fraction of sp³-hybridized carbons (Fsp3) is 0.438. The van der Waals surface area contributed by atoms with Gasteiger partial charge >= 0.3 is 0 Å². The molecule has 1 aromatic heterocycles. The first kappa shape index (κ1) is 14.8. The Balaban J connectivity index is 2.46. The second-order valence-electron chi connectivity index (χ2n) is 4.76. The minimum atomic E-state index is 0.710. The molecule has 0 aliphatic heterocycles. The first-order chi connectivity index (χ1) is 9.81. The van der Waals surface area contributed by atoms with Gasteiger partial charge in [0.05, 0.1) is 6.61 Å². The molecule has 20 heavy (non-hydrogen) atoms. The molecule has 0 fully saturated rings. The highest BCUT2D eigenvalue weighted by Gasteiger charge is 2.12. The Kier molecular flexibility index (Phi) is 5.32. The lowest BCUT2D eigenvalue weighted by Gasteiger charge is -2.23. The van der Waals surface area contributed by atoms with Gasteiger partial charge in [0.1, 0.15) is 5.82 Å². The summed E-state index contributed by atoms with van der Waals surface area (Å²) in [6.07, 6.45) is 1.98. The third-order valence-electron chi connectivity index (χ3n) is 3.47. The van der Waals surface area contributed by atoms with Crippen LogP contribution in [0.2, 0.25) is 0 Å². The second-order valence-corrected chi connectivity index (χ2v) is 4.76. The van der Waals surface area contributed by atoms with Crippen LogP contribution in [0.4, 0.5) is 5.82 Å². The molecule has 0 saturated heterocycles. The first-order valence-corrected chi connectivity index (χ1v) is 7.07. The lowest BCUT2D eigenvalue weighted by Crippen LogP contribution is -2.28. The van der Waals surface area contributed by atoms with Crippen LogP contribution in [0.3, 0.4) is 0 Å². The smallest absolute Gasteiger partial charge is 0.136 e. The number of benzene rings is 1. The molecule has 0 bridgehead atoms. The van der Waals surface area contributed by atoms with Gasteiger partial charge in [-0.25, -0.2) is 4.98 Å². The maximum Gasteiger partial charge on any atom is 0.136 e. The van der Waals surface area contributed by atoms with Crippen LogP contribution >= 0.6 is 0 Å². The van der Waals surface area contributed by atoms with Crippen LogP contribution in [-0.2, 0) is 11.3 Å². The van der Waals surface area contributed by atoms with Crippen molar-refractivity contribution in [1.82, 2.24) is 10.3 Å². The highest BCUT2D eigenvalue weighted by atomic mass is 16.5. The summed E-state index contributed by atoms with van der Waals surface area (Å²) in [5, 5.41) is 5.67. The van der Waals surface area contributed by atoms with E-state index >= 15 is 0 Å². The van der Waals surface area contributed by atoms with Crippen LogP contribution in [0.25, 0.3) is 10.8 Å². The van der Waals surface area contributed by atoms with Gasteiger partial charge in [-0.2, -0.15) is 0 Å². The third-order valence-corrected chi connectivity index (χ3v) is 3.47. The molecule has 4 nitrogen and oxygen atoms in total. The van der Waals surface area contributed by atoms with Crippen molar-refractivity contribution in [2.75, 3.05) is 38.8 Å². The Labute approximate surface area is 120 Å². The summed E-state index contributed by atoms with van der Waals surface area (Å²) in [6, 6.07) is 8.46. The molecule has 0 aliphatic rings. The van der Waals surface area contributed by atoms with Crippen LogP contribution in [0.15, 0.2) is 30.5 Å². The van der Waals surface area contributed by atoms with Crippen LogP contribution in [0.1, 0.15) is 12.5 Å². The molecule has 108 valence electrons. The van der Waals surface area contributed by atoms with Gasteiger partial charge in [0.15, 0.2) is 0 Å².